The lowest BCUT2D eigenvalue weighted by Gasteiger charge is -2.28. The van der Waals surface area contributed by atoms with E-state index in [1.54, 1.807) is 0 Å². The quantitative estimate of drug-likeness (QED) is 0.513. The second-order valence-electron chi connectivity index (χ2n) is 8.89. The molecule has 1 aromatic carbocycles. The van der Waals surface area contributed by atoms with Crippen molar-refractivity contribution in [2.75, 3.05) is 46.5 Å². The van der Waals surface area contributed by atoms with Gasteiger partial charge in [-0.25, -0.2) is 0 Å². The molecule has 0 aromatic heterocycles. The van der Waals surface area contributed by atoms with Crippen LogP contribution in [0.4, 0.5) is 0 Å². The number of nitrogens with one attached hydrogen (secondary N) is 1. The summed E-state index contributed by atoms with van der Waals surface area (Å²) in [6.07, 6.45) is 1.14. The second-order valence-corrected chi connectivity index (χ2v) is 8.89. The van der Waals surface area contributed by atoms with Crippen molar-refractivity contribution in [3.8, 4) is 5.75 Å². The Kier molecular flexibility index (Phi) is 8.61. The second kappa shape index (κ2) is 10.7. The van der Waals surface area contributed by atoms with E-state index in [1.165, 1.54) is 5.56 Å². The molecule has 1 saturated heterocycles. The van der Waals surface area contributed by atoms with Gasteiger partial charge in [0.05, 0.1) is 19.8 Å². The topological polar surface area (TPSA) is 46.1 Å². The molecule has 0 radical (unpaired) electrons. The van der Waals surface area contributed by atoms with E-state index in [9.17, 15) is 0 Å². The van der Waals surface area contributed by atoms with Crippen molar-refractivity contribution in [3.05, 3.63) is 29.8 Å². The van der Waals surface area contributed by atoms with Crippen LogP contribution in [0, 0.1) is 11.8 Å². The van der Waals surface area contributed by atoms with E-state index in [0.717, 1.165) is 57.6 Å². The highest BCUT2D eigenvalue weighted by Gasteiger charge is 2.22. The normalized spacial score (nSPS) is 17.8. The Balaban J connectivity index is 2.00. The van der Waals surface area contributed by atoms with Crippen LogP contribution in [0.5, 0.6) is 5.75 Å². The highest BCUT2D eigenvalue weighted by atomic mass is 16.5. The van der Waals surface area contributed by atoms with Gasteiger partial charge < -0.3 is 19.7 Å². The third-order valence-electron chi connectivity index (χ3n) is 5.10. The van der Waals surface area contributed by atoms with Crippen molar-refractivity contribution in [2.24, 2.45) is 16.8 Å². The van der Waals surface area contributed by atoms with Gasteiger partial charge >= 0.3 is 0 Å². The lowest BCUT2D eigenvalue weighted by Crippen LogP contribution is -2.42. The summed E-state index contributed by atoms with van der Waals surface area (Å²) in [5.41, 5.74) is 1.23. The first kappa shape index (κ1) is 22.5. The molecule has 28 heavy (non-hydrogen) atoms. The van der Waals surface area contributed by atoms with Gasteiger partial charge in [-0.3, -0.25) is 4.99 Å². The molecule has 2 rings (SSSR count). The first-order valence-corrected chi connectivity index (χ1v) is 10.6. The van der Waals surface area contributed by atoms with Gasteiger partial charge in [-0.2, -0.15) is 0 Å². The molecule has 1 unspecified atom stereocenters. The molecule has 158 valence electrons. The number of guanidine groups is 1. The van der Waals surface area contributed by atoms with Crippen LogP contribution in [0.25, 0.3) is 0 Å². The average molecular weight is 390 g/mol. The van der Waals surface area contributed by atoms with Crippen molar-refractivity contribution < 1.29 is 9.47 Å². The summed E-state index contributed by atoms with van der Waals surface area (Å²) in [5.74, 6) is 3.03. The van der Waals surface area contributed by atoms with Crippen LogP contribution >= 0.6 is 0 Å². The minimum Gasteiger partial charge on any atom is -0.493 e. The summed E-state index contributed by atoms with van der Waals surface area (Å²) in [6.45, 7) is 16.0. The Morgan fingerprint density at radius 3 is 2.61 bits per heavy atom. The van der Waals surface area contributed by atoms with Crippen molar-refractivity contribution in [1.82, 2.24) is 10.2 Å². The zero-order valence-electron chi connectivity index (χ0n) is 18.6. The molecule has 1 heterocycles. The SMILES string of the molecule is CCNC(=NCC(C)(C)c1ccc(OCC(C)C)cc1)N(C)CC1CCOC1. The van der Waals surface area contributed by atoms with Crippen LogP contribution in [-0.4, -0.2) is 57.4 Å². The van der Waals surface area contributed by atoms with Gasteiger partial charge in [0.1, 0.15) is 5.75 Å². The molecule has 0 bridgehead atoms. The zero-order valence-corrected chi connectivity index (χ0v) is 18.6. The number of nitrogens with zero attached hydrogens (tertiary/aromatic N) is 2. The van der Waals surface area contributed by atoms with Gasteiger partial charge in [0.25, 0.3) is 0 Å². The molecule has 5 nitrogen and oxygen atoms in total. The molecule has 1 aliphatic heterocycles. The van der Waals surface area contributed by atoms with Gasteiger partial charge in [0, 0.05) is 38.1 Å². The van der Waals surface area contributed by atoms with Crippen LogP contribution in [-0.2, 0) is 10.2 Å². The predicted molar refractivity (Wildman–Crippen MR) is 117 cm³/mol. The number of hydrogen-bond donors (Lipinski definition) is 1. The lowest BCUT2D eigenvalue weighted by atomic mass is 9.85. The van der Waals surface area contributed by atoms with Crippen LogP contribution < -0.4 is 10.1 Å². The number of aliphatic imine (C=N–C) groups is 1. The van der Waals surface area contributed by atoms with Crippen LogP contribution in [0.3, 0.4) is 0 Å². The van der Waals surface area contributed by atoms with Gasteiger partial charge in [-0.15, -0.1) is 0 Å². The van der Waals surface area contributed by atoms with Crippen LogP contribution in [0.15, 0.2) is 29.3 Å². The zero-order chi connectivity index (χ0) is 20.6. The van der Waals surface area contributed by atoms with E-state index in [4.69, 9.17) is 14.5 Å². The third kappa shape index (κ3) is 7.01. The van der Waals surface area contributed by atoms with Crippen molar-refractivity contribution in [2.45, 2.75) is 46.5 Å². The van der Waals surface area contributed by atoms with E-state index in [1.807, 2.05) is 0 Å². The van der Waals surface area contributed by atoms with Gasteiger partial charge in [0.15, 0.2) is 5.96 Å². The predicted octanol–water partition coefficient (Wildman–Crippen LogP) is 3.93. The van der Waals surface area contributed by atoms with Gasteiger partial charge in [-0.1, -0.05) is 39.8 Å². The lowest BCUT2D eigenvalue weighted by molar-refractivity contribution is 0.181. The molecule has 5 heteroatoms. The van der Waals surface area contributed by atoms with Gasteiger partial charge in [0.2, 0.25) is 0 Å². The smallest absolute Gasteiger partial charge is 0.193 e. The summed E-state index contributed by atoms with van der Waals surface area (Å²) < 4.78 is 11.3. The standard InChI is InChI=1S/C23H39N3O2/c1-7-24-22(26(6)14-19-12-13-27-16-19)25-17-23(4,5)20-8-10-21(11-9-20)28-15-18(2)3/h8-11,18-19H,7,12-17H2,1-6H3,(H,24,25). The maximum absolute atomic E-state index is 5.81. The number of hydrogen-bond acceptors (Lipinski definition) is 3. The van der Waals surface area contributed by atoms with Crippen molar-refractivity contribution in [3.63, 3.8) is 0 Å². The molecule has 1 N–H and O–H groups in total. The molecule has 0 spiro atoms. The molecule has 1 aromatic rings. The molecule has 1 aliphatic rings. The fourth-order valence-electron chi connectivity index (χ4n) is 3.30. The fraction of sp³-hybridized carbons (Fsp3) is 0.696. The summed E-state index contributed by atoms with van der Waals surface area (Å²) in [7, 11) is 2.12. The van der Waals surface area contributed by atoms with Gasteiger partial charge in [-0.05, 0) is 37.0 Å². The molecule has 0 amide bonds. The first-order valence-electron chi connectivity index (χ1n) is 10.6. The van der Waals surface area contributed by atoms with Crippen molar-refractivity contribution in [1.29, 1.82) is 0 Å². The number of ether oxygens (including phenoxy) is 2. The Labute approximate surface area is 171 Å². The molecule has 0 aliphatic carbocycles. The maximum atomic E-state index is 5.81. The number of benzene rings is 1. The molecular weight excluding hydrogens is 350 g/mol. The highest BCUT2D eigenvalue weighted by molar-refractivity contribution is 5.79. The van der Waals surface area contributed by atoms with E-state index >= 15 is 0 Å². The van der Waals surface area contributed by atoms with Crippen molar-refractivity contribution >= 4 is 5.96 Å². The summed E-state index contributed by atoms with van der Waals surface area (Å²) >= 11 is 0. The Morgan fingerprint density at radius 2 is 2.04 bits per heavy atom. The van der Waals surface area contributed by atoms with E-state index in [0.29, 0.717) is 11.8 Å². The monoisotopic (exact) mass is 389 g/mol. The minimum absolute atomic E-state index is 0.0471. The summed E-state index contributed by atoms with van der Waals surface area (Å²) in [4.78, 5) is 7.18. The molecule has 1 atom stereocenters. The van der Waals surface area contributed by atoms with E-state index in [-0.39, 0.29) is 5.41 Å². The average Bonchev–Trinajstić information content (AvgIpc) is 3.16. The minimum atomic E-state index is -0.0471. The maximum Gasteiger partial charge on any atom is 0.193 e. The van der Waals surface area contributed by atoms with Crippen LogP contribution in [0.2, 0.25) is 0 Å². The molecule has 0 saturated carbocycles. The van der Waals surface area contributed by atoms with E-state index in [2.05, 4.69) is 76.1 Å². The third-order valence-corrected chi connectivity index (χ3v) is 5.10. The van der Waals surface area contributed by atoms with E-state index < -0.39 is 0 Å². The molecular formula is C23H39N3O2. The Hall–Kier alpha value is -1.75. The summed E-state index contributed by atoms with van der Waals surface area (Å²) in [6, 6.07) is 8.47. The largest absolute Gasteiger partial charge is 0.493 e. The number of rotatable bonds is 9. The summed E-state index contributed by atoms with van der Waals surface area (Å²) in [5, 5.41) is 3.43. The highest BCUT2D eigenvalue weighted by Crippen LogP contribution is 2.26. The van der Waals surface area contributed by atoms with Crippen LogP contribution in [0.1, 0.15) is 46.6 Å². The molecule has 1 fully saturated rings. The Morgan fingerprint density at radius 1 is 1.32 bits per heavy atom. The Bertz CT molecular complexity index is 605. The fourth-order valence-corrected chi connectivity index (χ4v) is 3.30. The first-order chi connectivity index (χ1) is 13.3.